The Labute approximate surface area is 178 Å². The first-order valence-corrected chi connectivity index (χ1v) is 10.6. The number of hydrogen-bond donors (Lipinski definition) is 1. The van der Waals surface area contributed by atoms with Gasteiger partial charge in [0.2, 0.25) is 6.79 Å². The van der Waals surface area contributed by atoms with E-state index >= 15 is 0 Å². The van der Waals surface area contributed by atoms with E-state index in [9.17, 15) is 4.79 Å². The fourth-order valence-electron chi connectivity index (χ4n) is 3.36. The van der Waals surface area contributed by atoms with Gasteiger partial charge in [0.25, 0.3) is 5.91 Å². The monoisotopic (exact) mass is 470 g/mol. The molecule has 0 unspecified atom stereocenters. The third kappa shape index (κ3) is 3.10. The van der Waals surface area contributed by atoms with Crippen molar-refractivity contribution in [3.63, 3.8) is 0 Å². The number of amides is 1. The number of carbonyl (C=O) groups is 1. The summed E-state index contributed by atoms with van der Waals surface area (Å²) < 4.78 is 11.8. The van der Waals surface area contributed by atoms with Crippen LogP contribution in [0.4, 0.5) is 0 Å². The van der Waals surface area contributed by atoms with Crippen LogP contribution in [0.25, 0.3) is 5.70 Å². The summed E-state index contributed by atoms with van der Waals surface area (Å²) in [4.78, 5) is 17.9. The van der Waals surface area contributed by atoms with Crippen LogP contribution in [0.3, 0.4) is 0 Å². The molecule has 0 radical (unpaired) electrons. The van der Waals surface area contributed by atoms with Crippen LogP contribution in [-0.2, 0) is 4.79 Å². The zero-order chi connectivity index (χ0) is 20.0. The van der Waals surface area contributed by atoms with Gasteiger partial charge in [-0.25, -0.2) is 5.01 Å². The number of hydrazone groups is 1. The highest BCUT2D eigenvalue weighted by molar-refractivity contribution is 9.10. The number of halogens is 1. The predicted molar refractivity (Wildman–Crippen MR) is 114 cm³/mol. The van der Waals surface area contributed by atoms with Gasteiger partial charge in [0, 0.05) is 21.0 Å². The van der Waals surface area contributed by atoms with Gasteiger partial charge in [0.05, 0.1) is 5.36 Å². The predicted octanol–water partition coefficient (Wildman–Crippen LogP) is 2.24. The van der Waals surface area contributed by atoms with E-state index in [4.69, 9.17) is 19.6 Å². The highest BCUT2D eigenvalue weighted by Gasteiger charge is 2.36. The molecule has 0 saturated heterocycles. The van der Waals surface area contributed by atoms with Crippen molar-refractivity contribution >= 4 is 44.5 Å². The number of fused-ring (bicyclic) bond motifs is 3. The molecule has 0 bridgehead atoms. The van der Waals surface area contributed by atoms with E-state index in [1.807, 2.05) is 36.4 Å². The molecule has 2 aromatic rings. The van der Waals surface area contributed by atoms with E-state index in [1.54, 1.807) is 11.1 Å². The summed E-state index contributed by atoms with van der Waals surface area (Å²) >= 11 is 5.02. The topological polar surface area (TPSA) is 75.5 Å². The number of carbonyl (C=O) groups excluding carboxylic acids is 1. The molecule has 3 aliphatic heterocycles. The third-order valence-electron chi connectivity index (χ3n) is 4.62. The van der Waals surface area contributed by atoms with Crippen LogP contribution in [0, 0.1) is 0 Å². The van der Waals surface area contributed by atoms with E-state index < -0.39 is 6.17 Å². The van der Waals surface area contributed by atoms with Gasteiger partial charge in [-0.2, -0.15) is 0 Å². The van der Waals surface area contributed by atoms with Gasteiger partial charge >= 0.3 is 0 Å². The Balaban J connectivity index is 1.71. The number of rotatable bonds is 3. The lowest BCUT2D eigenvalue weighted by atomic mass is 10.1. The van der Waals surface area contributed by atoms with E-state index in [2.05, 4.69) is 27.8 Å². The number of hydrogen-bond acceptors (Lipinski definition) is 7. The maximum absolute atomic E-state index is 13.0. The first kappa shape index (κ1) is 18.3. The molecule has 0 spiro atoms. The number of thioether (sulfide) groups is 1. The zero-order valence-corrected chi connectivity index (χ0v) is 17.5. The Morgan fingerprint density at radius 1 is 1.31 bits per heavy atom. The summed E-state index contributed by atoms with van der Waals surface area (Å²) in [6, 6.07) is 11.3. The molecule has 1 atom stereocenters. The summed E-state index contributed by atoms with van der Waals surface area (Å²) in [5.74, 6) is 1.73. The van der Waals surface area contributed by atoms with Crippen molar-refractivity contribution in [1.29, 1.82) is 0 Å². The molecule has 0 aliphatic carbocycles. The summed E-state index contributed by atoms with van der Waals surface area (Å²) in [7, 11) is 0. The normalized spacial score (nSPS) is 19.0. The minimum Gasteiger partial charge on any atom is -0.454 e. The summed E-state index contributed by atoms with van der Waals surface area (Å²) in [6.45, 7) is 3.91. The smallest absolute Gasteiger partial charge is 0.276 e. The average molecular weight is 471 g/mol. The molecule has 1 N–H and O–H groups in total. The second-order valence-electron chi connectivity index (χ2n) is 6.40. The SMILES string of the molecule is C=CCSC1=NN2C(=c3ccccc3=N[C@@H]2c2cc3c(cc2Br)OCO3)C(=O)N1. The van der Waals surface area contributed by atoms with E-state index in [1.165, 1.54) is 11.8 Å². The number of nitrogens with zero attached hydrogens (tertiary/aromatic N) is 3. The molecule has 1 amide bonds. The van der Waals surface area contributed by atoms with Crippen LogP contribution in [0.15, 0.2) is 63.6 Å². The molecule has 3 aliphatic rings. The van der Waals surface area contributed by atoms with Gasteiger partial charge in [0.15, 0.2) is 22.8 Å². The van der Waals surface area contributed by atoms with Gasteiger partial charge in [0.1, 0.15) is 5.70 Å². The van der Waals surface area contributed by atoms with Crippen molar-refractivity contribution in [1.82, 2.24) is 10.3 Å². The fourth-order valence-corrected chi connectivity index (χ4v) is 4.48. The standard InChI is InChI=1S/C20H15BrN4O3S/c1-2-7-29-20-23-19(26)17-11-5-3-4-6-14(11)22-18(25(17)24-20)12-8-15-16(9-13(12)21)28-10-27-15/h2-6,8-9,18H,1,7,10H2,(H,23,24,26)/t18-/m0/s1. The number of nitrogens with one attached hydrogen (secondary N) is 1. The molecule has 0 fully saturated rings. The summed E-state index contributed by atoms with van der Waals surface area (Å²) in [6.07, 6.45) is 1.23. The molecule has 3 heterocycles. The molecule has 29 heavy (non-hydrogen) atoms. The molecular weight excluding hydrogens is 456 g/mol. The van der Waals surface area contributed by atoms with Gasteiger partial charge < -0.3 is 9.47 Å². The number of para-hydroxylation sites is 1. The van der Waals surface area contributed by atoms with E-state index in [-0.39, 0.29) is 12.7 Å². The molecule has 146 valence electrons. The quantitative estimate of drug-likeness (QED) is 0.696. The van der Waals surface area contributed by atoms with Crippen molar-refractivity contribution in [3.05, 3.63) is 69.7 Å². The van der Waals surface area contributed by atoms with E-state index in [0.29, 0.717) is 28.1 Å². The second kappa shape index (κ2) is 7.23. The van der Waals surface area contributed by atoms with Crippen LogP contribution < -0.4 is 25.4 Å². The first-order chi connectivity index (χ1) is 14.2. The number of amidine groups is 1. The lowest BCUT2D eigenvalue weighted by molar-refractivity contribution is -0.116. The largest absolute Gasteiger partial charge is 0.454 e. The summed E-state index contributed by atoms with van der Waals surface area (Å²) in [5.41, 5.74) is 1.29. The van der Waals surface area contributed by atoms with Gasteiger partial charge in [-0.05, 0) is 18.2 Å². The minimum atomic E-state index is -0.533. The molecule has 9 heteroatoms. The average Bonchev–Trinajstić information content (AvgIpc) is 3.18. The van der Waals surface area contributed by atoms with Gasteiger partial charge in [-0.1, -0.05) is 52.0 Å². The number of benzene rings is 2. The van der Waals surface area contributed by atoms with Crippen molar-refractivity contribution in [2.24, 2.45) is 10.1 Å². The Morgan fingerprint density at radius 3 is 2.93 bits per heavy atom. The maximum atomic E-state index is 13.0. The Kier molecular flexibility index (Phi) is 4.56. The molecule has 2 aromatic carbocycles. The lowest BCUT2D eigenvalue weighted by Crippen LogP contribution is -2.50. The molecule has 0 aromatic heterocycles. The third-order valence-corrected chi connectivity index (χ3v) is 6.17. The summed E-state index contributed by atoms with van der Waals surface area (Å²) in [5, 5.41) is 11.2. The Hall–Kier alpha value is -2.78. The van der Waals surface area contributed by atoms with Gasteiger partial charge in [-0.15, -0.1) is 11.7 Å². The van der Waals surface area contributed by atoms with Crippen LogP contribution in [0.1, 0.15) is 11.7 Å². The van der Waals surface area contributed by atoms with Crippen LogP contribution in [-0.4, -0.2) is 28.6 Å². The molecule has 0 saturated carbocycles. The lowest BCUT2D eigenvalue weighted by Gasteiger charge is -2.34. The van der Waals surface area contributed by atoms with Crippen LogP contribution in [0.5, 0.6) is 11.5 Å². The van der Waals surface area contributed by atoms with E-state index in [0.717, 1.165) is 20.6 Å². The molecule has 5 rings (SSSR count). The Bertz CT molecular complexity index is 1200. The molecule has 7 nitrogen and oxygen atoms in total. The first-order valence-electron chi connectivity index (χ1n) is 8.85. The van der Waals surface area contributed by atoms with Crippen molar-refractivity contribution < 1.29 is 14.3 Å². The zero-order valence-electron chi connectivity index (χ0n) is 15.1. The highest BCUT2D eigenvalue weighted by Crippen LogP contribution is 2.42. The van der Waals surface area contributed by atoms with Crippen LogP contribution >= 0.6 is 27.7 Å². The van der Waals surface area contributed by atoms with Crippen molar-refractivity contribution in [2.45, 2.75) is 6.17 Å². The second-order valence-corrected chi connectivity index (χ2v) is 8.26. The van der Waals surface area contributed by atoms with Crippen molar-refractivity contribution in [2.75, 3.05) is 12.5 Å². The van der Waals surface area contributed by atoms with Crippen LogP contribution in [0.2, 0.25) is 0 Å². The molecular formula is C20H15BrN4O3S. The van der Waals surface area contributed by atoms with Crippen molar-refractivity contribution in [3.8, 4) is 11.5 Å². The maximum Gasteiger partial charge on any atom is 0.276 e. The van der Waals surface area contributed by atoms with Gasteiger partial charge in [-0.3, -0.25) is 15.1 Å². The fraction of sp³-hybridized carbons (Fsp3) is 0.150. The number of ether oxygens (including phenoxy) is 2. The minimum absolute atomic E-state index is 0.180. The highest BCUT2D eigenvalue weighted by atomic mass is 79.9. The Morgan fingerprint density at radius 2 is 2.10 bits per heavy atom.